The average molecular weight is 241 g/mol. The molecule has 0 atom stereocenters. The molecule has 0 fully saturated rings. The number of ether oxygens (including phenoxy) is 1. The Balaban J connectivity index is 2.16. The summed E-state index contributed by atoms with van der Waals surface area (Å²) in [6.07, 6.45) is 0.806. The van der Waals surface area contributed by atoms with Crippen LogP contribution in [0.2, 0.25) is 0 Å². The van der Waals surface area contributed by atoms with Gasteiger partial charge in [0.1, 0.15) is 0 Å². The van der Waals surface area contributed by atoms with E-state index in [-0.39, 0.29) is 31.4 Å². The molecule has 1 aromatic carbocycles. The molecular formula is C12H16FNO3. The van der Waals surface area contributed by atoms with Crippen LogP contribution in [-0.4, -0.2) is 30.8 Å². The van der Waals surface area contributed by atoms with E-state index >= 15 is 0 Å². The number of carbonyl (C=O) groups excluding carboxylic acids is 1. The van der Waals surface area contributed by atoms with E-state index in [0.29, 0.717) is 12.8 Å². The van der Waals surface area contributed by atoms with E-state index in [1.54, 1.807) is 18.2 Å². The number of para-hydroxylation sites is 1. The first-order valence-electron chi connectivity index (χ1n) is 5.49. The van der Waals surface area contributed by atoms with E-state index in [2.05, 4.69) is 5.32 Å². The zero-order valence-corrected chi connectivity index (χ0v) is 9.49. The zero-order chi connectivity index (χ0) is 12.5. The van der Waals surface area contributed by atoms with Crippen molar-refractivity contribution in [3.8, 4) is 5.75 Å². The van der Waals surface area contributed by atoms with Crippen LogP contribution < -0.4 is 10.1 Å². The highest BCUT2D eigenvalue weighted by molar-refractivity contribution is 5.75. The Hall–Kier alpha value is -1.62. The third-order valence-electron chi connectivity index (χ3n) is 2.08. The molecule has 0 aromatic heterocycles. The molecule has 0 spiro atoms. The van der Waals surface area contributed by atoms with Crippen LogP contribution >= 0.6 is 0 Å². The second-order valence-corrected chi connectivity index (χ2v) is 3.46. The predicted octanol–water partition coefficient (Wildman–Crippen LogP) is 1.09. The van der Waals surface area contributed by atoms with Crippen molar-refractivity contribution in [2.75, 3.05) is 19.8 Å². The summed E-state index contributed by atoms with van der Waals surface area (Å²) in [4.78, 5) is 11.1. The minimum Gasteiger partial charge on any atom is -0.491 e. The fourth-order valence-electron chi connectivity index (χ4n) is 1.26. The van der Waals surface area contributed by atoms with Gasteiger partial charge in [-0.15, -0.1) is 0 Å². The van der Waals surface area contributed by atoms with Gasteiger partial charge in [0.25, 0.3) is 0 Å². The van der Waals surface area contributed by atoms with Crippen molar-refractivity contribution in [1.82, 2.24) is 5.32 Å². The number of rotatable bonds is 7. The molecule has 0 saturated heterocycles. The van der Waals surface area contributed by atoms with E-state index < -0.39 is 5.82 Å². The fourth-order valence-corrected chi connectivity index (χ4v) is 1.26. The number of nitrogens with one attached hydrogen (secondary N) is 1. The second kappa shape index (κ2) is 7.62. The lowest BCUT2D eigenvalue weighted by molar-refractivity contribution is -0.121. The third kappa shape index (κ3) is 5.31. The van der Waals surface area contributed by atoms with E-state index in [1.165, 1.54) is 6.07 Å². The van der Waals surface area contributed by atoms with Gasteiger partial charge in [0, 0.05) is 13.0 Å². The summed E-state index contributed by atoms with van der Waals surface area (Å²) in [5, 5.41) is 11.0. The molecule has 2 N–H and O–H groups in total. The first-order chi connectivity index (χ1) is 8.24. The highest BCUT2D eigenvalue weighted by Gasteiger charge is 2.03. The highest BCUT2D eigenvalue weighted by Crippen LogP contribution is 2.15. The van der Waals surface area contributed by atoms with Gasteiger partial charge in [-0.3, -0.25) is 4.79 Å². The number of aliphatic hydroxyl groups excluding tert-OH is 1. The fraction of sp³-hybridized carbons (Fsp3) is 0.417. The number of carbonyl (C=O) groups is 1. The minimum absolute atomic E-state index is 0.0720. The van der Waals surface area contributed by atoms with Crippen LogP contribution in [-0.2, 0) is 4.79 Å². The Kier molecular flexibility index (Phi) is 6.03. The Morgan fingerprint density at radius 2 is 2.18 bits per heavy atom. The monoisotopic (exact) mass is 241 g/mol. The molecule has 17 heavy (non-hydrogen) atoms. The van der Waals surface area contributed by atoms with E-state index in [1.807, 2.05) is 0 Å². The molecule has 0 aliphatic rings. The van der Waals surface area contributed by atoms with E-state index in [4.69, 9.17) is 9.84 Å². The Bertz CT molecular complexity index is 357. The van der Waals surface area contributed by atoms with E-state index in [0.717, 1.165) is 0 Å². The maximum Gasteiger partial charge on any atom is 0.220 e. The predicted molar refractivity (Wildman–Crippen MR) is 61.2 cm³/mol. The Morgan fingerprint density at radius 1 is 1.41 bits per heavy atom. The molecule has 0 radical (unpaired) electrons. The van der Waals surface area contributed by atoms with E-state index in [9.17, 15) is 9.18 Å². The van der Waals surface area contributed by atoms with Crippen molar-refractivity contribution in [2.24, 2.45) is 0 Å². The summed E-state index contributed by atoms with van der Waals surface area (Å²) in [7, 11) is 0. The van der Waals surface area contributed by atoms with Gasteiger partial charge in [-0.05, 0) is 18.6 Å². The molecule has 0 bridgehead atoms. The van der Waals surface area contributed by atoms with Gasteiger partial charge in [-0.1, -0.05) is 12.1 Å². The maximum absolute atomic E-state index is 13.1. The molecule has 0 aliphatic heterocycles. The SMILES string of the molecule is O=C(CCCOc1ccccc1F)NCCO. The molecule has 0 heterocycles. The molecule has 94 valence electrons. The lowest BCUT2D eigenvalue weighted by Crippen LogP contribution is -2.26. The van der Waals surface area contributed by atoms with Crippen LogP contribution in [0.4, 0.5) is 4.39 Å². The first-order valence-corrected chi connectivity index (χ1v) is 5.49. The number of halogens is 1. The Morgan fingerprint density at radius 3 is 2.88 bits per heavy atom. The molecule has 4 nitrogen and oxygen atoms in total. The maximum atomic E-state index is 13.1. The van der Waals surface area contributed by atoms with Gasteiger partial charge in [-0.25, -0.2) is 4.39 Å². The van der Waals surface area contributed by atoms with Crippen LogP contribution in [0.5, 0.6) is 5.75 Å². The van der Waals surface area contributed by atoms with Gasteiger partial charge in [0.05, 0.1) is 13.2 Å². The summed E-state index contributed by atoms with van der Waals surface area (Å²) in [5.74, 6) is -0.350. The lowest BCUT2D eigenvalue weighted by atomic mass is 10.3. The molecule has 1 amide bonds. The molecular weight excluding hydrogens is 225 g/mol. The van der Waals surface area contributed by atoms with Crippen LogP contribution in [0.15, 0.2) is 24.3 Å². The average Bonchev–Trinajstić information content (AvgIpc) is 2.34. The summed E-state index contributed by atoms with van der Waals surface area (Å²) in [5.41, 5.74) is 0. The molecule has 1 rings (SSSR count). The number of aliphatic hydroxyl groups is 1. The molecule has 0 saturated carbocycles. The summed E-state index contributed by atoms with van der Waals surface area (Å²) >= 11 is 0. The second-order valence-electron chi connectivity index (χ2n) is 3.46. The van der Waals surface area contributed by atoms with Crippen molar-refractivity contribution >= 4 is 5.91 Å². The van der Waals surface area contributed by atoms with Crippen molar-refractivity contribution in [1.29, 1.82) is 0 Å². The van der Waals surface area contributed by atoms with Crippen LogP contribution in [0.3, 0.4) is 0 Å². The topological polar surface area (TPSA) is 58.6 Å². The van der Waals surface area contributed by atoms with Gasteiger partial charge < -0.3 is 15.2 Å². The van der Waals surface area contributed by atoms with Crippen molar-refractivity contribution in [2.45, 2.75) is 12.8 Å². The van der Waals surface area contributed by atoms with Gasteiger partial charge >= 0.3 is 0 Å². The van der Waals surface area contributed by atoms with Gasteiger partial charge in [0.15, 0.2) is 11.6 Å². The minimum atomic E-state index is -0.405. The standard InChI is InChI=1S/C12H16FNO3/c13-10-4-1-2-5-11(10)17-9-3-6-12(16)14-7-8-15/h1-2,4-5,15H,3,6-9H2,(H,14,16). The largest absolute Gasteiger partial charge is 0.491 e. The number of hydrogen-bond donors (Lipinski definition) is 2. The van der Waals surface area contributed by atoms with Crippen LogP contribution in [0, 0.1) is 5.82 Å². The van der Waals surface area contributed by atoms with Crippen LogP contribution in [0.1, 0.15) is 12.8 Å². The first kappa shape index (κ1) is 13.4. The molecule has 5 heteroatoms. The number of amides is 1. The van der Waals surface area contributed by atoms with Crippen LogP contribution in [0.25, 0.3) is 0 Å². The number of benzene rings is 1. The third-order valence-corrected chi connectivity index (χ3v) is 2.08. The smallest absolute Gasteiger partial charge is 0.220 e. The summed E-state index contributed by atoms with van der Waals surface area (Å²) < 4.78 is 18.3. The van der Waals surface area contributed by atoms with Crippen molar-refractivity contribution < 1.29 is 19.0 Å². The normalized spacial score (nSPS) is 10.0. The van der Waals surface area contributed by atoms with Gasteiger partial charge in [-0.2, -0.15) is 0 Å². The number of hydrogen-bond acceptors (Lipinski definition) is 3. The lowest BCUT2D eigenvalue weighted by Gasteiger charge is -2.07. The molecule has 0 unspecified atom stereocenters. The molecule has 1 aromatic rings. The summed E-state index contributed by atoms with van der Waals surface area (Å²) in [6.45, 7) is 0.470. The molecule has 0 aliphatic carbocycles. The Labute approximate surface area is 99.4 Å². The summed E-state index contributed by atoms with van der Waals surface area (Å²) in [6, 6.07) is 6.14. The zero-order valence-electron chi connectivity index (χ0n) is 9.49. The van der Waals surface area contributed by atoms with Crippen molar-refractivity contribution in [3.63, 3.8) is 0 Å². The van der Waals surface area contributed by atoms with Crippen molar-refractivity contribution in [3.05, 3.63) is 30.1 Å². The van der Waals surface area contributed by atoms with Gasteiger partial charge in [0.2, 0.25) is 5.91 Å². The quantitative estimate of drug-likeness (QED) is 0.703. The highest BCUT2D eigenvalue weighted by atomic mass is 19.1.